The zero-order chi connectivity index (χ0) is 18.1. The molecule has 4 heteroatoms. The summed E-state index contributed by atoms with van der Waals surface area (Å²) in [4.78, 5) is 12.9. The van der Waals surface area contributed by atoms with Gasteiger partial charge in [-0.2, -0.15) is 5.26 Å². The molecule has 1 amide bonds. The minimum absolute atomic E-state index is 0.125. The number of rotatable bonds is 3. The monoisotopic (exact) mass is 339 g/mol. The van der Waals surface area contributed by atoms with E-state index in [9.17, 15) is 10.1 Å². The molecule has 0 unspecified atom stereocenters. The van der Waals surface area contributed by atoms with Crippen LogP contribution < -0.4 is 5.32 Å². The zero-order valence-electron chi connectivity index (χ0n) is 14.3. The molecule has 26 heavy (non-hydrogen) atoms. The van der Waals surface area contributed by atoms with Gasteiger partial charge >= 0.3 is 0 Å². The van der Waals surface area contributed by atoms with Crippen molar-refractivity contribution in [3.8, 4) is 6.07 Å². The lowest BCUT2D eigenvalue weighted by atomic mass is 10.1. The molecule has 0 aliphatic rings. The molecule has 4 rings (SSSR count). The number of benzene rings is 2. The molecule has 0 aliphatic carbocycles. The second-order valence-electron chi connectivity index (χ2n) is 6.28. The van der Waals surface area contributed by atoms with Crippen molar-refractivity contribution in [2.45, 2.75) is 13.0 Å². The van der Waals surface area contributed by atoms with Crippen molar-refractivity contribution in [1.29, 1.82) is 5.26 Å². The normalized spacial score (nSPS) is 12.0. The maximum absolute atomic E-state index is 12.9. The first-order valence-corrected chi connectivity index (χ1v) is 8.48. The predicted molar refractivity (Wildman–Crippen MR) is 102 cm³/mol. The molecule has 0 aliphatic heterocycles. The molecule has 2 heterocycles. The Kier molecular flexibility index (Phi) is 3.91. The number of aromatic nitrogens is 1. The third-order valence-electron chi connectivity index (χ3n) is 4.66. The Hall–Kier alpha value is -3.58. The molecule has 0 radical (unpaired) electrons. The van der Waals surface area contributed by atoms with Crippen molar-refractivity contribution >= 4 is 22.2 Å². The Labute approximate surface area is 151 Å². The Bertz CT molecular complexity index is 1150. The quantitative estimate of drug-likeness (QED) is 0.599. The second kappa shape index (κ2) is 6.38. The molecule has 0 saturated heterocycles. The van der Waals surface area contributed by atoms with E-state index in [1.807, 2.05) is 73.8 Å². The summed E-state index contributed by atoms with van der Waals surface area (Å²) < 4.78 is 1.80. The number of hydrogen-bond donors (Lipinski definition) is 1. The van der Waals surface area contributed by atoms with Crippen LogP contribution in [0.25, 0.3) is 16.3 Å². The zero-order valence-corrected chi connectivity index (χ0v) is 14.3. The Balaban J connectivity index is 1.78. The maximum Gasteiger partial charge on any atom is 0.268 e. The molecule has 126 valence electrons. The fourth-order valence-corrected chi connectivity index (χ4v) is 3.32. The van der Waals surface area contributed by atoms with Gasteiger partial charge in [-0.05, 0) is 30.0 Å². The molecular formula is C22H17N3O. The number of nitrogens with zero attached hydrogens (tertiary/aromatic N) is 2. The minimum Gasteiger partial charge on any atom is -0.344 e. The lowest BCUT2D eigenvalue weighted by Crippen LogP contribution is -2.27. The minimum atomic E-state index is -0.201. The molecule has 2 aromatic heterocycles. The average Bonchev–Trinajstić information content (AvgIpc) is 3.08. The molecule has 4 nitrogen and oxygen atoms in total. The van der Waals surface area contributed by atoms with Gasteiger partial charge in [0.1, 0.15) is 11.8 Å². The van der Waals surface area contributed by atoms with Crippen molar-refractivity contribution in [2.75, 3.05) is 0 Å². The van der Waals surface area contributed by atoms with Gasteiger partial charge in [0.25, 0.3) is 5.91 Å². The van der Waals surface area contributed by atoms with Crippen molar-refractivity contribution in [2.24, 2.45) is 0 Å². The van der Waals surface area contributed by atoms with Crippen molar-refractivity contribution in [3.63, 3.8) is 0 Å². The number of hydrogen-bond acceptors (Lipinski definition) is 2. The lowest BCUT2D eigenvalue weighted by molar-refractivity contribution is 0.0934. The first kappa shape index (κ1) is 15.9. The molecule has 1 N–H and O–H groups in total. The topological polar surface area (TPSA) is 57.3 Å². The van der Waals surface area contributed by atoms with Crippen LogP contribution in [0, 0.1) is 11.3 Å². The molecule has 0 saturated carbocycles. The van der Waals surface area contributed by atoms with Crippen LogP contribution in [0.1, 0.15) is 34.6 Å². The van der Waals surface area contributed by atoms with E-state index in [1.54, 1.807) is 10.5 Å². The van der Waals surface area contributed by atoms with E-state index in [1.165, 1.54) is 0 Å². The molecule has 4 aromatic rings. The molecule has 0 fully saturated rings. The van der Waals surface area contributed by atoms with Crippen LogP contribution >= 0.6 is 0 Å². The Morgan fingerprint density at radius 1 is 1.08 bits per heavy atom. The number of carbonyl (C=O) groups is 1. The van der Waals surface area contributed by atoms with E-state index in [0.717, 1.165) is 21.9 Å². The highest BCUT2D eigenvalue weighted by Crippen LogP contribution is 2.26. The highest BCUT2D eigenvalue weighted by Gasteiger charge is 2.19. The number of carbonyl (C=O) groups excluding carboxylic acids is 1. The Morgan fingerprint density at radius 3 is 2.58 bits per heavy atom. The predicted octanol–water partition coefficient (Wildman–Crippen LogP) is 4.46. The number of nitrogens with one attached hydrogen (secondary N) is 1. The third kappa shape index (κ3) is 2.60. The summed E-state index contributed by atoms with van der Waals surface area (Å²) in [5.74, 6) is -0.201. The van der Waals surface area contributed by atoms with Crippen LogP contribution in [0.2, 0.25) is 0 Å². The summed E-state index contributed by atoms with van der Waals surface area (Å²) in [5, 5.41) is 14.6. The highest BCUT2D eigenvalue weighted by atomic mass is 16.2. The van der Waals surface area contributed by atoms with E-state index in [0.29, 0.717) is 11.3 Å². The molecule has 0 bridgehead atoms. The van der Waals surface area contributed by atoms with Crippen LogP contribution in [0.4, 0.5) is 0 Å². The van der Waals surface area contributed by atoms with Crippen LogP contribution in [-0.4, -0.2) is 10.3 Å². The summed E-state index contributed by atoms with van der Waals surface area (Å²) in [6.07, 6.45) is 1.85. The molecule has 2 aromatic carbocycles. The number of amides is 1. The number of pyridine rings is 1. The Morgan fingerprint density at radius 2 is 1.81 bits per heavy atom. The van der Waals surface area contributed by atoms with Gasteiger partial charge in [-0.1, -0.05) is 54.6 Å². The summed E-state index contributed by atoms with van der Waals surface area (Å²) >= 11 is 0. The van der Waals surface area contributed by atoms with Gasteiger partial charge < -0.3 is 9.72 Å². The smallest absolute Gasteiger partial charge is 0.268 e. The highest BCUT2D eigenvalue weighted by molar-refractivity contribution is 6.03. The van der Waals surface area contributed by atoms with E-state index >= 15 is 0 Å². The van der Waals surface area contributed by atoms with E-state index in [-0.39, 0.29) is 11.9 Å². The maximum atomic E-state index is 12.9. The second-order valence-corrected chi connectivity index (χ2v) is 6.28. The summed E-state index contributed by atoms with van der Waals surface area (Å²) in [5.41, 5.74) is 2.76. The van der Waals surface area contributed by atoms with E-state index < -0.39 is 0 Å². The van der Waals surface area contributed by atoms with Crippen LogP contribution in [0.5, 0.6) is 0 Å². The van der Waals surface area contributed by atoms with E-state index in [2.05, 4.69) is 11.4 Å². The first-order chi connectivity index (χ1) is 12.7. The fraction of sp³-hybridized carbons (Fsp3) is 0.0909. The van der Waals surface area contributed by atoms with Crippen LogP contribution in [0.3, 0.4) is 0 Å². The van der Waals surface area contributed by atoms with Gasteiger partial charge in [0, 0.05) is 11.6 Å². The van der Waals surface area contributed by atoms with Gasteiger partial charge in [0.15, 0.2) is 0 Å². The van der Waals surface area contributed by atoms with Gasteiger partial charge in [-0.3, -0.25) is 4.79 Å². The lowest BCUT2D eigenvalue weighted by Gasteiger charge is -2.14. The fourth-order valence-electron chi connectivity index (χ4n) is 3.32. The standard InChI is InChI=1S/C22H17N3O/c1-15(16-7-3-2-4-8-16)24-22(26)20-13-18(14-23)21-19-10-6-5-9-17(19)11-12-25(20)21/h2-13,15H,1H3,(H,24,26)/t15-/m1/s1. The largest absolute Gasteiger partial charge is 0.344 e. The SMILES string of the molecule is C[C@@H](NC(=O)c1cc(C#N)c2c3ccccc3ccn12)c1ccccc1. The van der Waals surface area contributed by atoms with Crippen molar-refractivity contribution in [1.82, 2.24) is 9.72 Å². The van der Waals surface area contributed by atoms with E-state index in [4.69, 9.17) is 0 Å². The summed E-state index contributed by atoms with van der Waals surface area (Å²) in [6, 6.07) is 23.4. The van der Waals surface area contributed by atoms with Gasteiger partial charge in [-0.15, -0.1) is 0 Å². The molecule has 0 spiro atoms. The third-order valence-corrected chi connectivity index (χ3v) is 4.66. The van der Waals surface area contributed by atoms with Gasteiger partial charge in [0.05, 0.1) is 17.1 Å². The summed E-state index contributed by atoms with van der Waals surface area (Å²) in [7, 11) is 0. The first-order valence-electron chi connectivity index (χ1n) is 8.48. The number of nitriles is 1. The van der Waals surface area contributed by atoms with Gasteiger partial charge in [0.2, 0.25) is 0 Å². The van der Waals surface area contributed by atoms with Crippen molar-refractivity contribution in [3.05, 3.63) is 89.7 Å². The van der Waals surface area contributed by atoms with Crippen molar-refractivity contribution < 1.29 is 4.79 Å². The van der Waals surface area contributed by atoms with Crippen LogP contribution in [-0.2, 0) is 0 Å². The number of fused-ring (bicyclic) bond motifs is 3. The summed E-state index contributed by atoms with van der Waals surface area (Å²) in [6.45, 7) is 1.95. The molecular weight excluding hydrogens is 322 g/mol. The average molecular weight is 339 g/mol. The van der Waals surface area contributed by atoms with Gasteiger partial charge in [-0.25, -0.2) is 0 Å². The van der Waals surface area contributed by atoms with Crippen LogP contribution in [0.15, 0.2) is 72.9 Å². The molecule has 1 atom stereocenters.